The van der Waals surface area contributed by atoms with Crippen molar-refractivity contribution >= 4 is 33.6 Å². The molecule has 0 aliphatic carbocycles. The van der Waals surface area contributed by atoms with E-state index in [4.69, 9.17) is 9.47 Å². The van der Waals surface area contributed by atoms with E-state index >= 15 is 0 Å². The number of carbonyl (C=O) groups excluding carboxylic acids is 1. The summed E-state index contributed by atoms with van der Waals surface area (Å²) in [6.45, 7) is 1.69. The molecule has 0 radical (unpaired) electrons. The number of aromatic amines is 1. The normalized spacial score (nSPS) is 12.6. The van der Waals surface area contributed by atoms with E-state index in [0.29, 0.717) is 30.7 Å². The van der Waals surface area contributed by atoms with Crippen molar-refractivity contribution in [1.29, 1.82) is 0 Å². The first kappa shape index (κ1) is 19.8. The quantitative estimate of drug-likeness (QED) is 0.509. The second-order valence-corrected chi connectivity index (χ2v) is 8.11. The number of amides is 1. The maximum Gasteiger partial charge on any atom is 0.230 e. The molecule has 0 bridgehead atoms. The van der Waals surface area contributed by atoms with Crippen LogP contribution in [0.2, 0.25) is 0 Å². The first-order valence-corrected chi connectivity index (χ1v) is 10.9. The minimum Gasteiger partial charge on any atom is -0.486 e. The summed E-state index contributed by atoms with van der Waals surface area (Å²) >= 11 is 4.80. The first-order valence-electron chi connectivity index (χ1n) is 9.14. The van der Waals surface area contributed by atoms with Gasteiger partial charge in [0.25, 0.3) is 0 Å². The van der Waals surface area contributed by atoms with Gasteiger partial charge in [0.15, 0.2) is 17.3 Å². The smallest absolute Gasteiger partial charge is 0.230 e. The molecule has 3 aromatic rings. The van der Waals surface area contributed by atoms with Crippen molar-refractivity contribution in [3.8, 4) is 22.9 Å². The van der Waals surface area contributed by atoms with E-state index in [2.05, 4.69) is 36.4 Å². The number of nitrogens with zero attached hydrogens (tertiary/aromatic N) is 2. The van der Waals surface area contributed by atoms with Gasteiger partial charge < -0.3 is 14.8 Å². The number of halogens is 1. The predicted molar refractivity (Wildman–Crippen MR) is 114 cm³/mol. The van der Waals surface area contributed by atoms with Crippen molar-refractivity contribution in [3.05, 3.63) is 52.5 Å². The van der Waals surface area contributed by atoms with Crippen molar-refractivity contribution in [1.82, 2.24) is 20.5 Å². The van der Waals surface area contributed by atoms with Gasteiger partial charge in [-0.15, -0.1) is 5.10 Å². The predicted octanol–water partition coefficient (Wildman–Crippen LogP) is 3.46. The van der Waals surface area contributed by atoms with Gasteiger partial charge in [-0.25, -0.2) is 4.98 Å². The highest BCUT2D eigenvalue weighted by molar-refractivity contribution is 9.10. The molecular weight excluding hydrogens is 456 g/mol. The highest BCUT2D eigenvalue weighted by Gasteiger charge is 2.13. The van der Waals surface area contributed by atoms with E-state index in [-0.39, 0.29) is 11.7 Å². The zero-order chi connectivity index (χ0) is 20.1. The van der Waals surface area contributed by atoms with Gasteiger partial charge in [-0.1, -0.05) is 52.0 Å². The third-order valence-electron chi connectivity index (χ3n) is 4.27. The number of H-pyrrole nitrogens is 1. The summed E-state index contributed by atoms with van der Waals surface area (Å²) in [5.74, 6) is 2.41. The molecule has 2 aromatic carbocycles. The molecule has 4 rings (SSSR count). The molecule has 150 valence electrons. The zero-order valence-corrected chi connectivity index (χ0v) is 17.9. The summed E-state index contributed by atoms with van der Waals surface area (Å²) in [5, 5.41) is 10.5. The lowest BCUT2D eigenvalue weighted by molar-refractivity contribution is -0.118. The number of hydrogen-bond donors (Lipinski definition) is 2. The fourth-order valence-corrected chi connectivity index (χ4v) is 3.96. The zero-order valence-electron chi connectivity index (χ0n) is 15.5. The van der Waals surface area contributed by atoms with Gasteiger partial charge in [0.1, 0.15) is 13.2 Å². The summed E-state index contributed by atoms with van der Waals surface area (Å²) < 4.78 is 12.0. The Bertz CT molecular complexity index is 1010. The molecule has 0 saturated carbocycles. The van der Waals surface area contributed by atoms with E-state index < -0.39 is 0 Å². The Morgan fingerprint density at radius 1 is 1.17 bits per heavy atom. The Balaban J connectivity index is 1.23. The van der Waals surface area contributed by atoms with Gasteiger partial charge >= 0.3 is 0 Å². The third-order valence-corrected chi connectivity index (χ3v) is 5.81. The van der Waals surface area contributed by atoms with Crippen LogP contribution in [0.25, 0.3) is 11.4 Å². The summed E-state index contributed by atoms with van der Waals surface area (Å²) in [4.78, 5) is 16.6. The number of fused-ring (bicyclic) bond motifs is 1. The molecule has 1 aliphatic rings. The highest BCUT2D eigenvalue weighted by Crippen LogP contribution is 2.30. The molecule has 7 nitrogen and oxygen atoms in total. The number of hydrogen-bond acceptors (Lipinski definition) is 6. The number of ether oxygens (including phenoxy) is 2. The van der Waals surface area contributed by atoms with E-state index in [1.165, 1.54) is 11.8 Å². The summed E-state index contributed by atoms with van der Waals surface area (Å²) in [7, 11) is 0. The third kappa shape index (κ3) is 5.10. The largest absolute Gasteiger partial charge is 0.486 e. The molecule has 0 unspecified atom stereocenters. The van der Waals surface area contributed by atoms with Gasteiger partial charge in [0.2, 0.25) is 11.1 Å². The van der Waals surface area contributed by atoms with Crippen LogP contribution in [0.3, 0.4) is 0 Å². The van der Waals surface area contributed by atoms with Crippen molar-refractivity contribution in [2.45, 2.75) is 11.6 Å². The summed E-state index contributed by atoms with van der Waals surface area (Å²) in [6, 6.07) is 13.6. The van der Waals surface area contributed by atoms with Crippen LogP contribution in [0.15, 0.2) is 52.1 Å². The molecule has 0 atom stereocenters. The van der Waals surface area contributed by atoms with Gasteiger partial charge in [-0.2, -0.15) is 0 Å². The number of thioether (sulfide) groups is 1. The number of rotatable bonds is 7. The number of aromatic nitrogens is 3. The van der Waals surface area contributed by atoms with Crippen molar-refractivity contribution in [2.75, 3.05) is 25.5 Å². The Morgan fingerprint density at radius 2 is 2.00 bits per heavy atom. The fourth-order valence-electron chi connectivity index (χ4n) is 2.86. The van der Waals surface area contributed by atoms with Crippen LogP contribution >= 0.6 is 27.7 Å². The van der Waals surface area contributed by atoms with Crippen LogP contribution in [0.1, 0.15) is 5.56 Å². The molecule has 0 spiro atoms. The average Bonchev–Trinajstić information content (AvgIpc) is 3.21. The number of benzene rings is 2. The monoisotopic (exact) mass is 474 g/mol. The van der Waals surface area contributed by atoms with Crippen LogP contribution in [0, 0.1) is 0 Å². The summed E-state index contributed by atoms with van der Waals surface area (Å²) in [5.41, 5.74) is 2.02. The van der Waals surface area contributed by atoms with Crippen LogP contribution in [0.4, 0.5) is 0 Å². The molecule has 2 N–H and O–H groups in total. The van der Waals surface area contributed by atoms with Crippen molar-refractivity contribution in [2.24, 2.45) is 0 Å². The number of nitrogens with one attached hydrogen (secondary N) is 2. The van der Waals surface area contributed by atoms with Crippen LogP contribution in [0.5, 0.6) is 11.5 Å². The van der Waals surface area contributed by atoms with E-state index in [1.54, 1.807) is 0 Å². The molecule has 9 heteroatoms. The van der Waals surface area contributed by atoms with Crippen LogP contribution in [-0.2, 0) is 11.2 Å². The second-order valence-electron chi connectivity index (χ2n) is 6.31. The average molecular weight is 475 g/mol. The topological polar surface area (TPSA) is 89.1 Å². The Morgan fingerprint density at radius 3 is 2.86 bits per heavy atom. The van der Waals surface area contributed by atoms with Gasteiger partial charge in [-0.05, 0) is 30.2 Å². The molecule has 0 fully saturated rings. The summed E-state index contributed by atoms with van der Waals surface area (Å²) in [6.07, 6.45) is 0.722. The lowest BCUT2D eigenvalue weighted by Crippen LogP contribution is -2.27. The Hall–Kier alpha value is -2.52. The first-order chi connectivity index (χ1) is 14.2. The molecule has 29 heavy (non-hydrogen) atoms. The van der Waals surface area contributed by atoms with Gasteiger partial charge in [0, 0.05) is 16.6 Å². The number of carbonyl (C=O) groups is 1. The minimum atomic E-state index is -0.0558. The molecule has 1 aromatic heterocycles. The standard InChI is InChI=1S/C20H19BrN4O3S/c21-15-4-2-1-3-14(15)19-23-20(25-24-19)29-12-18(26)22-8-7-13-5-6-16-17(11-13)28-10-9-27-16/h1-6,11H,7-10,12H2,(H,22,26)(H,23,24,25). The maximum absolute atomic E-state index is 12.1. The van der Waals surface area contributed by atoms with E-state index in [9.17, 15) is 4.79 Å². The minimum absolute atomic E-state index is 0.0558. The van der Waals surface area contributed by atoms with E-state index in [1.807, 2.05) is 42.5 Å². The van der Waals surface area contributed by atoms with Crippen LogP contribution < -0.4 is 14.8 Å². The fraction of sp³-hybridized carbons (Fsp3) is 0.250. The molecular formula is C20H19BrN4O3S. The lowest BCUT2D eigenvalue weighted by atomic mass is 10.1. The van der Waals surface area contributed by atoms with Crippen molar-refractivity contribution < 1.29 is 14.3 Å². The SMILES string of the molecule is O=C(CSc1n[nH]c(-c2ccccc2Br)n1)NCCc1ccc2c(c1)OCCO2. The molecule has 1 aliphatic heterocycles. The maximum atomic E-state index is 12.1. The van der Waals surface area contributed by atoms with Gasteiger partial charge in [-0.3, -0.25) is 9.89 Å². The van der Waals surface area contributed by atoms with Crippen LogP contribution in [-0.4, -0.2) is 46.6 Å². The Kier molecular flexibility index (Phi) is 6.36. The molecule has 0 saturated heterocycles. The second kappa shape index (κ2) is 9.32. The molecule has 1 amide bonds. The lowest BCUT2D eigenvalue weighted by Gasteiger charge is -2.18. The molecule has 2 heterocycles. The van der Waals surface area contributed by atoms with Gasteiger partial charge in [0.05, 0.1) is 5.75 Å². The van der Waals surface area contributed by atoms with Crippen molar-refractivity contribution in [3.63, 3.8) is 0 Å². The Labute approximate surface area is 180 Å². The highest BCUT2D eigenvalue weighted by atomic mass is 79.9. The van der Waals surface area contributed by atoms with E-state index in [0.717, 1.165) is 33.5 Å².